The second kappa shape index (κ2) is 9.42. The van der Waals surface area contributed by atoms with E-state index in [9.17, 15) is 0 Å². The molecule has 0 bridgehead atoms. The molecule has 1 aliphatic heterocycles. The lowest BCUT2D eigenvalue weighted by Gasteiger charge is -2.23. The molecule has 0 amide bonds. The van der Waals surface area contributed by atoms with Gasteiger partial charge in [0.1, 0.15) is 35.1 Å². The van der Waals surface area contributed by atoms with Crippen LogP contribution in [-0.2, 0) is 0 Å². The van der Waals surface area contributed by atoms with E-state index >= 15 is 0 Å². The number of nitrogens with zero attached hydrogens (tertiary/aromatic N) is 4. The molecule has 3 N–H and O–H groups in total. The molecule has 1 atom stereocenters. The predicted octanol–water partition coefficient (Wildman–Crippen LogP) is 4.22. The Kier molecular flexibility index (Phi) is 6.43. The first-order chi connectivity index (χ1) is 15.2. The molecule has 1 saturated heterocycles. The van der Waals surface area contributed by atoms with Crippen LogP contribution >= 0.6 is 12.4 Å². The minimum absolute atomic E-state index is 0. The fourth-order valence-electron chi connectivity index (χ4n) is 3.95. The van der Waals surface area contributed by atoms with E-state index in [1.165, 1.54) is 6.33 Å². The van der Waals surface area contributed by atoms with E-state index in [1.807, 2.05) is 53.2 Å². The fraction of sp³-hybridized carbons (Fsp3) is 0.261. The van der Waals surface area contributed by atoms with Crippen LogP contribution < -0.4 is 20.5 Å². The number of aromatic nitrogens is 4. The summed E-state index contributed by atoms with van der Waals surface area (Å²) in [4.78, 5) is 8.70. The van der Waals surface area contributed by atoms with Crippen molar-refractivity contribution in [1.82, 2.24) is 25.1 Å². The van der Waals surface area contributed by atoms with E-state index in [-0.39, 0.29) is 18.4 Å². The third-order valence-electron chi connectivity index (χ3n) is 5.56. The van der Waals surface area contributed by atoms with Crippen LogP contribution in [0.3, 0.4) is 0 Å². The first-order valence-corrected chi connectivity index (χ1v) is 10.3. The van der Waals surface area contributed by atoms with Gasteiger partial charge >= 0.3 is 0 Å². The maximum atomic E-state index is 6.24. The summed E-state index contributed by atoms with van der Waals surface area (Å²) in [5.74, 6) is 2.70. The van der Waals surface area contributed by atoms with Crippen molar-refractivity contribution >= 4 is 29.3 Å². The van der Waals surface area contributed by atoms with Gasteiger partial charge in [-0.2, -0.15) is 5.10 Å². The third kappa shape index (κ3) is 4.19. The van der Waals surface area contributed by atoms with E-state index in [4.69, 9.17) is 20.3 Å². The highest BCUT2D eigenvalue weighted by atomic mass is 35.5. The van der Waals surface area contributed by atoms with Gasteiger partial charge in [0, 0.05) is 12.1 Å². The first kappa shape index (κ1) is 21.9. The lowest BCUT2D eigenvalue weighted by molar-refractivity contribution is 0.354. The van der Waals surface area contributed by atoms with Gasteiger partial charge in [0.05, 0.1) is 18.5 Å². The van der Waals surface area contributed by atoms with Crippen molar-refractivity contribution in [2.24, 2.45) is 0 Å². The summed E-state index contributed by atoms with van der Waals surface area (Å²) >= 11 is 0. The van der Waals surface area contributed by atoms with Gasteiger partial charge in [-0.05, 0) is 67.9 Å². The molecule has 1 unspecified atom stereocenters. The number of halogens is 1. The van der Waals surface area contributed by atoms with Gasteiger partial charge in [-0.15, -0.1) is 12.4 Å². The normalized spacial score (nSPS) is 15.8. The largest absolute Gasteiger partial charge is 0.497 e. The second-order valence-corrected chi connectivity index (χ2v) is 7.55. The quantitative estimate of drug-likeness (QED) is 0.467. The van der Waals surface area contributed by atoms with Crippen molar-refractivity contribution in [3.63, 3.8) is 0 Å². The Balaban J connectivity index is 0.00000245. The monoisotopic (exact) mass is 452 g/mol. The highest BCUT2D eigenvalue weighted by Gasteiger charge is 2.23. The van der Waals surface area contributed by atoms with Gasteiger partial charge < -0.3 is 20.5 Å². The van der Waals surface area contributed by atoms with Crippen LogP contribution in [0.2, 0.25) is 0 Å². The Morgan fingerprint density at radius 2 is 1.69 bits per heavy atom. The molecule has 166 valence electrons. The zero-order valence-electron chi connectivity index (χ0n) is 17.7. The van der Waals surface area contributed by atoms with Crippen molar-refractivity contribution in [3.05, 3.63) is 54.9 Å². The molecule has 32 heavy (non-hydrogen) atoms. The molecule has 9 heteroatoms. The molecule has 3 heterocycles. The molecule has 5 rings (SSSR count). The molecule has 8 nitrogen and oxygen atoms in total. The Morgan fingerprint density at radius 3 is 2.34 bits per heavy atom. The standard InChI is InChI=1S/C23H24N6O2.ClH/c1-30-17-8-10-19(11-9-17)31-18-6-4-15(5-7-18)21-20-22(24)26-14-27-23(20)29(28-21)16-3-2-12-25-13-16;/h4-11,14,16,25H,2-3,12-13H2,1H3,(H2,24,26,27);1H. The number of fused-ring (bicyclic) bond motifs is 1. The Labute approximate surface area is 192 Å². The molecule has 4 aromatic rings. The van der Waals surface area contributed by atoms with Crippen molar-refractivity contribution in [3.8, 4) is 28.5 Å². The SMILES string of the molecule is COc1ccc(Oc2ccc(-c3nn(C4CCCNC4)c4ncnc(N)c34)cc2)cc1.Cl. The van der Waals surface area contributed by atoms with Crippen LogP contribution in [0.15, 0.2) is 54.9 Å². The summed E-state index contributed by atoms with van der Waals surface area (Å²) in [5, 5.41) is 9.14. The van der Waals surface area contributed by atoms with Crippen molar-refractivity contribution < 1.29 is 9.47 Å². The number of anilines is 1. The summed E-state index contributed by atoms with van der Waals surface area (Å²) in [7, 11) is 1.64. The summed E-state index contributed by atoms with van der Waals surface area (Å²) in [5.41, 5.74) is 8.74. The number of methoxy groups -OCH3 is 1. The lowest BCUT2D eigenvalue weighted by Crippen LogP contribution is -2.32. The van der Waals surface area contributed by atoms with Crippen molar-refractivity contribution in [2.75, 3.05) is 25.9 Å². The summed E-state index contributed by atoms with van der Waals surface area (Å²) < 4.78 is 13.1. The molecular formula is C23H25ClN6O2. The maximum absolute atomic E-state index is 6.24. The molecule has 0 radical (unpaired) electrons. The van der Waals surface area contributed by atoms with Gasteiger partial charge in [0.15, 0.2) is 5.65 Å². The second-order valence-electron chi connectivity index (χ2n) is 7.55. The highest BCUT2D eigenvalue weighted by Crippen LogP contribution is 2.34. The number of rotatable bonds is 5. The summed E-state index contributed by atoms with van der Waals surface area (Å²) in [6.45, 7) is 1.91. The van der Waals surface area contributed by atoms with Crippen LogP contribution in [0.1, 0.15) is 18.9 Å². The number of nitrogen functional groups attached to an aromatic ring is 1. The van der Waals surface area contributed by atoms with Crippen LogP contribution in [0.25, 0.3) is 22.3 Å². The van der Waals surface area contributed by atoms with Crippen LogP contribution in [0.4, 0.5) is 5.82 Å². The Morgan fingerprint density at radius 1 is 1.00 bits per heavy atom. The van der Waals surface area contributed by atoms with Crippen LogP contribution in [0.5, 0.6) is 17.2 Å². The highest BCUT2D eigenvalue weighted by molar-refractivity contribution is 5.98. The predicted molar refractivity (Wildman–Crippen MR) is 127 cm³/mol. The van der Waals surface area contributed by atoms with Gasteiger partial charge in [0.2, 0.25) is 0 Å². The number of nitrogens with two attached hydrogens (primary N) is 1. The van der Waals surface area contributed by atoms with Crippen molar-refractivity contribution in [2.45, 2.75) is 18.9 Å². The number of hydrogen-bond donors (Lipinski definition) is 2. The lowest BCUT2D eigenvalue weighted by atomic mass is 10.1. The number of ether oxygens (including phenoxy) is 2. The summed E-state index contributed by atoms with van der Waals surface area (Å²) in [6.07, 6.45) is 3.67. The molecular weight excluding hydrogens is 428 g/mol. The minimum atomic E-state index is 0. The van der Waals surface area contributed by atoms with Crippen molar-refractivity contribution in [1.29, 1.82) is 0 Å². The van der Waals surface area contributed by atoms with Crippen LogP contribution in [0, 0.1) is 0 Å². The Hall–Kier alpha value is -3.36. The van der Waals surface area contributed by atoms with Gasteiger partial charge in [-0.3, -0.25) is 0 Å². The average Bonchev–Trinajstić information content (AvgIpc) is 3.22. The minimum Gasteiger partial charge on any atom is -0.497 e. The van der Waals surface area contributed by atoms with E-state index in [0.717, 1.165) is 65.5 Å². The van der Waals surface area contributed by atoms with Gasteiger partial charge in [-0.25, -0.2) is 14.6 Å². The molecule has 2 aromatic heterocycles. The topological polar surface area (TPSA) is 100 Å². The average molecular weight is 453 g/mol. The smallest absolute Gasteiger partial charge is 0.164 e. The van der Waals surface area contributed by atoms with E-state index < -0.39 is 0 Å². The fourth-order valence-corrected chi connectivity index (χ4v) is 3.95. The molecule has 0 aliphatic carbocycles. The Bertz CT molecular complexity index is 1190. The molecule has 1 aliphatic rings. The zero-order valence-corrected chi connectivity index (χ0v) is 18.5. The molecule has 0 saturated carbocycles. The first-order valence-electron chi connectivity index (χ1n) is 10.3. The number of benzene rings is 2. The number of hydrogen-bond acceptors (Lipinski definition) is 7. The number of piperidine rings is 1. The molecule has 2 aromatic carbocycles. The van der Waals surface area contributed by atoms with Gasteiger partial charge in [0.25, 0.3) is 0 Å². The van der Waals surface area contributed by atoms with E-state index in [1.54, 1.807) is 7.11 Å². The third-order valence-corrected chi connectivity index (χ3v) is 5.56. The number of nitrogens with one attached hydrogen (secondary N) is 1. The zero-order chi connectivity index (χ0) is 21.2. The van der Waals surface area contributed by atoms with E-state index in [0.29, 0.717) is 5.82 Å². The summed E-state index contributed by atoms with van der Waals surface area (Å²) in [6, 6.07) is 15.5. The van der Waals surface area contributed by atoms with Gasteiger partial charge in [-0.1, -0.05) is 0 Å². The van der Waals surface area contributed by atoms with E-state index in [2.05, 4.69) is 15.3 Å². The van der Waals surface area contributed by atoms with Crippen LogP contribution in [-0.4, -0.2) is 39.9 Å². The molecule has 1 fully saturated rings. The maximum Gasteiger partial charge on any atom is 0.164 e. The molecule has 0 spiro atoms.